The van der Waals surface area contributed by atoms with Crippen LogP contribution in [0.3, 0.4) is 0 Å². The van der Waals surface area contributed by atoms with Gasteiger partial charge in [-0.15, -0.1) is 11.3 Å². The van der Waals surface area contributed by atoms with E-state index in [-0.39, 0.29) is 5.56 Å². The van der Waals surface area contributed by atoms with Crippen LogP contribution in [0.25, 0.3) is 22.4 Å². The summed E-state index contributed by atoms with van der Waals surface area (Å²) in [6.07, 6.45) is 0. The van der Waals surface area contributed by atoms with Crippen LogP contribution in [-0.4, -0.2) is 21.0 Å². The van der Waals surface area contributed by atoms with Gasteiger partial charge in [0.25, 0.3) is 0 Å². The maximum absolute atomic E-state index is 10.9. The van der Waals surface area contributed by atoms with Crippen LogP contribution < -0.4 is 0 Å². The SMILES string of the molecule is O=C(O)c1ccc2nc(-c3csc(Br)c3)[nH]c2c1. The summed E-state index contributed by atoms with van der Waals surface area (Å²) in [6.45, 7) is 0. The second-order valence-corrected chi connectivity index (χ2v) is 6.05. The molecule has 0 aliphatic heterocycles. The molecule has 0 saturated heterocycles. The van der Waals surface area contributed by atoms with E-state index in [2.05, 4.69) is 25.9 Å². The van der Waals surface area contributed by atoms with Crippen LogP contribution in [0, 0.1) is 0 Å². The molecule has 6 heteroatoms. The quantitative estimate of drug-likeness (QED) is 0.755. The summed E-state index contributed by atoms with van der Waals surface area (Å²) in [5, 5.41) is 10.9. The van der Waals surface area contributed by atoms with E-state index >= 15 is 0 Å². The molecule has 0 radical (unpaired) electrons. The van der Waals surface area contributed by atoms with Crippen molar-refractivity contribution in [3.8, 4) is 11.4 Å². The standard InChI is InChI=1S/C12H7BrN2O2S/c13-10-4-7(5-18-10)11-14-8-2-1-6(12(16)17)3-9(8)15-11/h1-5H,(H,14,15)(H,16,17). The lowest BCUT2D eigenvalue weighted by atomic mass is 10.2. The minimum Gasteiger partial charge on any atom is -0.478 e. The van der Waals surface area contributed by atoms with Crippen LogP contribution in [-0.2, 0) is 0 Å². The summed E-state index contributed by atoms with van der Waals surface area (Å²) in [6, 6.07) is 6.83. The van der Waals surface area contributed by atoms with Crippen molar-refractivity contribution in [2.45, 2.75) is 0 Å². The highest BCUT2D eigenvalue weighted by Crippen LogP contribution is 2.28. The number of hydrogen-bond donors (Lipinski definition) is 2. The molecule has 4 nitrogen and oxygen atoms in total. The maximum atomic E-state index is 10.9. The number of imidazole rings is 1. The third kappa shape index (κ3) is 1.93. The Bertz CT molecular complexity index is 747. The molecular formula is C12H7BrN2O2S. The molecule has 18 heavy (non-hydrogen) atoms. The fourth-order valence-electron chi connectivity index (χ4n) is 1.71. The number of carboxylic acids is 1. The number of aromatic carboxylic acids is 1. The number of aromatic nitrogens is 2. The van der Waals surface area contributed by atoms with Gasteiger partial charge in [0.2, 0.25) is 0 Å². The van der Waals surface area contributed by atoms with Crippen LogP contribution >= 0.6 is 27.3 Å². The number of rotatable bonds is 2. The molecule has 0 amide bonds. The number of carboxylic acid groups (broad SMARTS) is 1. The first-order valence-electron chi connectivity index (χ1n) is 5.11. The Labute approximate surface area is 114 Å². The van der Waals surface area contributed by atoms with Crippen LogP contribution in [0.15, 0.2) is 33.4 Å². The smallest absolute Gasteiger partial charge is 0.335 e. The zero-order valence-electron chi connectivity index (χ0n) is 8.98. The maximum Gasteiger partial charge on any atom is 0.335 e. The Kier molecular flexibility index (Phi) is 2.68. The normalized spacial score (nSPS) is 10.9. The molecule has 3 rings (SSSR count). The molecule has 0 saturated carbocycles. The summed E-state index contributed by atoms with van der Waals surface area (Å²) >= 11 is 4.98. The molecule has 2 N–H and O–H groups in total. The zero-order valence-corrected chi connectivity index (χ0v) is 11.4. The van der Waals surface area contributed by atoms with Crippen LogP contribution in [0.1, 0.15) is 10.4 Å². The lowest BCUT2D eigenvalue weighted by Gasteiger charge is -1.92. The minimum atomic E-state index is -0.939. The fraction of sp³-hybridized carbons (Fsp3) is 0. The summed E-state index contributed by atoms with van der Waals surface area (Å²) in [5.41, 5.74) is 2.73. The molecular weight excluding hydrogens is 316 g/mol. The average Bonchev–Trinajstić information content (AvgIpc) is 2.93. The van der Waals surface area contributed by atoms with E-state index in [1.807, 2.05) is 11.4 Å². The number of nitrogens with one attached hydrogen (secondary N) is 1. The first-order chi connectivity index (χ1) is 8.63. The van der Waals surface area contributed by atoms with E-state index in [4.69, 9.17) is 5.11 Å². The summed E-state index contributed by atoms with van der Waals surface area (Å²) in [7, 11) is 0. The van der Waals surface area contributed by atoms with Crippen molar-refractivity contribution in [2.24, 2.45) is 0 Å². The van der Waals surface area contributed by atoms with Gasteiger partial charge in [0.15, 0.2) is 0 Å². The molecule has 0 unspecified atom stereocenters. The average molecular weight is 323 g/mol. The Morgan fingerprint density at radius 1 is 1.39 bits per heavy atom. The van der Waals surface area contributed by atoms with E-state index in [0.717, 1.165) is 26.2 Å². The van der Waals surface area contributed by atoms with Crippen molar-refractivity contribution >= 4 is 44.3 Å². The summed E-state index contributed by atoms with van der Waals surface area (Å²) in [4.78, 5) is 18.5. The Morgan fingerprint density at radius 2 is 2.22 bits per heavy atom. The van der Waals surface area contributed by atoms with Gasteiger partial charge in [0.1, 0.15) is 5.82 Å². The van der Waals surface area contributed by atoms with Crippen molar-refractivity contribution in [3.63, 3.8) is 0 Å². The largest absolute Gasteiger partial charge is 0.478 e. The third-order valence-electron chi connectivity index (χ3n) is 2.57. The molecule has 0 atom stereocenters. The molecule has 0 spiro atoms. The van der Waals surface area contributed by atoms with Crippen molar-refractivity contribution in [1.82, 2.24) is 9.97 Å². The van der Waals surface area contributed by atoms with E-state index < -0.39 is 5.97 Å². The van der Waals surface area contributed by atoms with Gasteiger partial charge in [-0.3, -0.25) is 0 Å². The van der Waals surface area contributed by atoms with Gasteiger partial charge in [-0.05, 0) is 40.2 Å². The van der Waals surface area contributed by atoms with Crippen molar-refractivity contribution in [2.75, 3.05) is 0 Å². The molecule has 2 aromatic heterocycles. The van der Waals surface area contributed by atoms with Crippen molar-refractivity contribution in [1.29, 1.82) is 0 Å². The molecule has 2 heterocycles. The first-order valence-corrected chi connectivity index (χ1v) is 6.78. The van der Waals surface area contributed by atoms with Crippen molar-refractivity contribution in [3.05, 3.63) is 39.0 Å². The molecule has 3 aromatic rings. The number of halogens is 1. The van der Waals surface area contributed by atoms with E-state index in [9.17, 15) is 4.79 Å². The zero-order chi connectivity index (χ0) is 12.7. The molecule has 90 valence electrons. The van der Waals surface area contributed by atoms with Crippen molar-refractivity contribution < 1.29 is 9.90 Å². The van der Waals surface area contributed by atoms with E-state index in [1.54, 1.807) is 29.5 Å². The number of fused-ring (bicyclic) bond motifs is 1. The summed E-state index contributed by atoms with van der Waals surface area (Å²) in [5.74, 6) is -0.194. The Balaban J connectivity index is 2.13. The number of hydrogen-bond acceptors (Lipinski definition) is 3. The molecule has 0 aliphatic carbocycles. The number of thiophene rings is 1. The lowest BCUT2D eigenvalue weighted by Crippen LogP contribution is -1.94. The molecule has 0 aliphatic rings. The summed E-state index contributed by atoms with van der Waals surface area (Å²) < 4.78 is 1.03. The molecule has 0 fully saturated rings. The highest BCUT2D eigenvalue weighted by Gasteiger charge is 2.09. The number of aromatic amines is 1. The van der Waals surface area contributed by atoms with Gasteiger partial charge in [0, 0.05) is 10.9 Å². The highest BCUT2D eigenvalue weighted by atomic mass is 79.9. The topological polar surface area (TPSA) is 66.0 Å². The number of nitrogens with zero attached hydrogens (tertiary/aromatic N) is 1. The van der Waals surface area contributed by atoms with Gasteiger partial charge >= 0.3 is 5.97 Å². The van der Waals surface area contributed by atoms with Gasteiger partial charge in [-0.2, -0.15) is 0 Å². The van der Waals surface area contributed by atoms with E-state index in [1.165, 1.54) is 0 Å². The van der Waals surface area contributed by atoms with Gasteiger partial charge in [-0.1, -0.05) is 0 Å². The fourth-order valence-corrected chi connectivity index (χ4v) is 2.85. The van der Waals surface area contributed by atoms with Crippen LogP contribution in [0.5, 0.6) is 0 Å². The molecule has 1 aromatic carbocycles. The second-order valence-electron chi connectivity index (χ2n) is 3.76. The Hall–Kier alpha value is -1.66. The first kappa shape index (κ1) is 11.4. The monoisotopic (exact) mass is 322 g/mol. The minimum absolute atomic E-state index is 0.254. The van der Waals surface area contributed by atoms with Gasteiger partial charge in [0.05, 0.1) is 20.4 Å². The lowest BCUT2D eigenvalue weighted by molar-refractivity contribution is 0.0697. The number of benzene rings is 1. The van der Waals surface area contributed by atoms with Gasteiger partial charge < -0.3 is 10.1 Å². The Morgan fingerprint density at radius 3 is 2.89 bits per heavy atom. The highest BCUT2D eigenvalue weighted by molar-refractivity contribution is 9.11. The predicted molar refractivity (Wildman–Crippen MR) is 74.1 cm³/mol. The van der Waals surface area contributed by atoms with Gasteiger partial charge in [-0.25, -0.2) is 9.78 Å². The van der Waals surface area contributed by atoms with Crippen LogP contribution in [0.4, 0.5) is 0 Å². The number of H-pyrrole nitrogens is 1. The predicted octanol–water partition coefficient (Wildman–Crippen LogP) is 3.75. The van der Waals surface area contributed by atoms with E-state index in [0.29, 0.717) is 0 Å². The number of carbonyl (C=O) groups is 1. The molecule has 0 bridgehead atoms. The second kappa shape index (κ2) is 4.22. The third-order valence-corrected chi connectivity index (χ3v) is 4.07. The van der Waals surface area contributed by atoms with Crippen LogP contribution in [0.2, 0.25) is 0 Å².